The highest BCUT2D eigenvalue weighted by atomic mass is 19.1. The van der Waals surface area contributed by atoms with Crippen molar-refractivity contribution in [1.82, 2.24) is 4.98 Å². The molecule has 0 spiro atoms. The molecule has 0 aliphatic carbocycles. The van der Waals surface area contributed by atoms with Gasteiger partial charge in [-0.2, -0.15) is 0 Å². The van der Waals surface area contributed by atoms with Crippen molar-refractivity contribution >= 4 is 52.4 Å². The minimum Gasteiger partial charge on any atom is -0.478 e. The van der Waals surface area contributed by atoms with Crippen molar-refractivity contribution in [3.8, 4) is 11.1 Å². The van der Waals surface area contributed by atoms with Crippen LogP contribution in [0.1, 0.15) is 90.0 Å². The van der Waals surface area contributed by atoms with Gasteiger partial charge in [-0.3, -0.25) is 4.98 Å². The number of anilines is 1. The largest absolute Gasteiger partial charge is 0.478 e. The van der Waals surface area contributed by atoms with Gasteiger partial charge in [-0.15, -0.1) is 0 Å². The minimum atomic E-state index is -1.40. The summed E-state index contributed by atoms with van der Waals surface area (Å²) in [5.41, 5.74) is -4.48. The molecule has 1 heterocycles. The molecule has 0 radical (unpaired) electrons. The van der Waals surface area contributed by atoms with Crippen LogP contribution in [0.15, 0.2) is 170 Å². The molecule has 8 aromatic rings. The van der Waals surface area contributed by atoms with Gasteiger partial charge >= 0.3 is 35.8 Å². The number of carbonyl (C=O) groups excluding carboxylic acids is 5. The number of benzene rings is 7. The standard InChI is InChI=1S/C58H45FN2O12/c1-61(2)52-41-28-29-43(59)44(51(41)60-30-42(52)53(62)63)45-46(54(64)69-31-36-18-8-3-9-19-36)48(56(66)71-33-38-22-12-5-13-23-38)50(58(68)73-35-40-26-16-7-17-27-40)49(57(67)72-34-39-24-14-6-15-25-39)47(45)55(65)70-32-37-20-10-4-11-21-37/h3-30H,31-35H2,1-2H3,(H,62,63). The van der Waals surface area contributed by atoms with Crippen LogP contribution in [-0.2, 0) is 56.7 Å². The van der Waals surface area contributed by atoms with E-state index >= 15 is 28.4 Å². The summed E-state index contributed by atoms with van der Waals surface area (Å²) in [5.74, 6) is -9.55. The average Bonchev–Trinajstić information content (AvgIpc) is 3.42. The Morgan fingerprint density at radius 2 is 0.740 bits per heavy atom. The van der Waals surface area contributed by atoms with E-state index in [1.165, 1.54) is 11.0 Å². The Morgan fingerprint density at radius 3 is 1.04 bits per heavy atom. The Labute approximate surface area is 418 Å². The Bertz CT molecular complexity index is 3200. The van der Waals surface area contributed by atoms with Crippen LogP contribution in [0.2, 0.25) is 0 Å². The van der Waals surface area contributed by atoms with E-state index in [1.807, 2.05) is 0 Å². The molecule has 0 unspecified atom stereocenters. The van der Waals surface area contributed by atoms with Crippen molar-refractivity contribution < 1.29 is 61.9 Å². The van der Waals surface area contributed by atoms with Gasteiger partial charge in [0.1, 0.15) is 44.4 Å². The number of aromatic carboxylic acids is 1. The molecule has 1 aromatic heterocycles. The first kappa shape index (κ1) is 49.9. The SMILES string of the molecule is CN(C)c1c(C(=O)O)cnc2c(-c3c(C(=O)OCc4ccccc4)c(C(=O)OCc4ccccc4)c(C(=O)OCc4ccccc4)c(C(=O)OCc4ccccc4)c3C(=O)OCc3ccccc3)c(F)ccc12. The molecule has 0 bridgehead atoms. The molecule has 1 N–H and O–H groups in total. The van der Waals surface area contributed by atoms with E-state index in [9.17, 15) is 9.90 Å². The third-order valence-electron chi connectivity index (χ3n) is 11.5. The van der Waals surface area contributed by atoms with Crippen LogP contribution in [0, 0.1) is 5.82 Å². The summed E-state index contributed by atoms with van der Waals surface area (Å²) in [6.45, 7) is -2.25. The highest BCUT2D eigenvalue weighted by Crippen LogP contribution is 2.44. The van der Waals surface area contributed by atoms with E-state index in [-0.39, 0.29) is 22.2 Å². The summed E-state index contributed by atoms with van der Waals surface area (Å²) in [7, 11) is 3.08. The van der Waals surface area contributed by atoms with Crippen molar-refractivity contribution in [2.24, 2.45) is 0 Å². The van der Waals surface area contributed by atoms with Crippen molar-refractivity contribution in [3.05, 3.63) is 237 Å². The molecule has 0 aliphatic heterocycles. The van der Waals surface area contributed by atoms with E-state index < -0.39 is 114 Å². The van der Waals surface area contributed by atoms with Gasteiger partial charge in [-0.05, 0) is 39.9 Å². The average molecular weight is 981 g/mol. The number of rotatable bonds is 18. The van der Waals surface area contributed by atoms with Gasteiger partial charge in [-0.1, -0.05) is 152 Å². The van der Waals surface area contributed by atoms with Crippen molar-refractivity contribution in [2.45, 2.75) is 33.0 Å². The highest BCUT2D eigenvalue weighted by Gasteiger charge is 2.43. The fourth-order valence-electron chi connectivity index (χ4n) is 8.10. The number of nitrogens with zero attached hydrogens (tertiary/aromatic N) is 2. The lowest BCUT2D eigenvalue weighted by molar-refractivity contribution is 0.0379. The second kappa shape index (κ2) is 22.9. The molecule has 7 aromatic carbocycles. The molecule has 15 heteroatoms. The van der Waals surface area contributed by atoms with Crippen LogP contribution in [-0.4, -0.2) is 60.0 Å². The number of halogens is 1. The summed E-state index contributed by atoms with van der Waals surface area (Å²) < 4.78 is 47.1. The first-order valence-corrected chi connectivity index (χ1v) is 22.7. The van der Waals surface area contributed by atoms with Gasteiger partial charge in [0.15, 0.2) is 0 Å². The Kier molecular flexibility index (Phi) is 15.7. The van der Waals surface area contributed by atoms with Crippen molar-refractivity contribution in [1.29, 1.82) is 0 Å². The van der Waals surface area contributed by atoms with Crippen LogP contribution in [0.3, 0.4) is 0 Å². The van der Waals surface area contributed by atoms with E-state index in [2.05, 4.69) is 4.98 Å². The van der Waals surface area contributed by atoms with Gasteiger partial charge in [0.05, 0.1) is 39.0 Å². The highest BCUT2D eigenvalue weighted by molar-refractivity contribution is 6.24. The molecule has 0 saturated carbocycles. The normalized spacial score (nSPS) is 10.8. The Balaban J connectivity index is 1.52. The third-order valence-corrected chi connectivity index (χ3v) is 11.5. The topological polar surface area (TPSA) is 185 Å². The molecule has 0 atom stereocenters. The van der Waals surface area contributed by atoms with Gasteiger partial charge in [0.25, 0.3) is 0 Å². The summed E-state index contributed by atoms with van der Waals surface area (Å²) in [6, 6.07) is 44.2. The molecule has 0 fully saturated rings. The maximum atomic E-state index is 17.6. The van der Waals surface area contributed by atoms with E-state index in [0.29, 0.717) is 27.8 Å². The lowest BCUT2D eigenvalue weighted by Gasteiger charge is -2.25. The summed E-state index contributed by atoms with van der Waals surface area (Å²) in [4.78, 5) is 95.0. The molecular weight excluding hydrogens is 936 g/mol. The number of hydrogen-bond acceptors (Lipinski definition) is 13. The summed E-state index contributed by atoms with van der Waals surface area (Å²) >= 11 is 0. The Morgan fingerprint density at radius 1 is 0.438 bits per heavy atom. The van der Waals surface area contributed by atoms with Crippen molar-refractivity contribution in [3.63, 3.8) is 0 Å². The number of hydrogen-bond donors (Lipinski definition) is 1. The van der Waals surface area contributed by atoms with Crippen LogP contribution in [0.5, 0.6) is 0 Å². The second-order valence-corrected chi connectivity index (χ2v) is 16.6. The first-order chi connectivity index (χ1) is 35.4. The molecule has 366 valence electrons. The van der Waals surface area contributed by atoms with Crippen LogP contribution in [0.4, 0.5) is 10.1 Å². The van der Waals surface area contributed by atoms with Gasteiger partial charge in [0, 0.05) is 36.8 Å². The maximum Gasteiger partial charge on any atom is 0.340 e. The molecule has 14 nitrogen and oxygen atoms in total. The fourth-order valence-corrected chi connectivity index (χ4v) is 8.10. The van der Waals surface area contributed by atoms with Crippen LogP contribution in [0.25, 0.3) is 22.0 Å². The minimum absolute atomic E-state index is 0.00117. The third kappa shape index (κ3) is 11.4. The molecule has 0 aliphatic rings. The number of fused-ring (bicyclic) bond motifs is 1. The quantitative estimate of drug-likeness (QED) is 0.0632. The first-order valence-electron chi connectivity index (χ1n) is 22.7. The van der Waals surface area contributed by atoms with E-state index in [1.54, 1.807) is 166 Å². The number of carboxylic acid groups (broad SMARTS) is 1. The lowest BCUT2D eigenvalue weighted by Crippen LogP contribution is -2.29. The number of esters is 5. The summed E-state index contributed by atoms with van der Waals surface area (Å²) in [5, 5.41) is 10.3. The van der Waals surface area contributed by atoms with Crippen LogP contribution < -0.4 is 4.90 Å². The molecular formula is C58H45FN2O12. The smallest absolute Gasteiger partial charge is 0.340 e. The second-order valence-electron chi connectivity index (χ2n) is 16.6. The molecule has 0 saturated heterocycles. The zero-order valence-electron chi connectivity index (χ0n) is 39.4. The maximum absolute atomic E-state index is 17.6. The lowest BCUT2D eigenvalue weighted by atomic mass is 9.82. The van der Waals surface area contributed by atoms with E-state index in [0.717, 1.165) is 12.3 Å². The van der Waals surface area contributed by atoms with Crippen LogP contribution >= 0.6 is 0 Å². The number of carbonyl (C=O) groups is 6. The van der Waals surface area contributed by atoms with Gasteiger partial charge in [-0.25, -0.2) is 33.2 Å². The predicted molar refractivity (Wildman–Crippen MR) is 266 cm³/mol. The zero-order chi connectivity index (χ0) is 51.4. The van der Waals surface area contributed by atoms with Gasteiger partial charge in [0.2, 0.25) is 0 Å². The zero-order valence-corrected chi connectivity index (χ0v) is 39.4. The van der Waals surface area contributed by atoms with E-state index in [4.69, 9.17) is 23.7 Å². The summed E-state index contributed by atoms with van der Waals surface area (Å²) in [6.07, 6.45) is 0.961. The van der Waals surface area contributed by atoms with Crippen molar-refractivity contribution in [2.75, 3.05) is 19.0 Å². The fraction of sp³-hybridized carbons (Fsp3) is 0.121. The predicted octanol–water partition coefficient (Wildman–Crippen LogP) is 10.6. The monoisotopic (exact) mass is 980 g/mol. The van der Waals surface area contributed by atoms with Gasteiger partial charge < -0.3 is 33.7 Å². The Hall–Kier alpha value is -9.50. The molecule has 8 rings (SSSR count). The number of carboxylic acids is 1. The number of aromatic nitrogens is 1. The molecule has 0 amide bonds. The number of pyridine rings is 1. The molecule has 73 heavy (non-hydrogen) atoms. The number of ether oxygens (including phenoxy) is 5.